The van der Waals surface area contributed by atoms with Gasteiger partial charge in [-0.1, -0.05) is 36.2 Å². The lowest BCUT2D eigenvalue weighted by atomic mass is 9.96. The van der Waals surface area contributed by atoms with Gasteiger partial charge in [-0.25, -0.2) is 0 Å². The average molecular weight is 482 g/mol. The molecule has 2 saturated heterocycles. The predicted octanol–water partition coefficient (Wildman–Crippen LogP) is 3.55. The van der Waals surface area contributed by atoms with Crippen molar-refractivity contribution in [3.05, 3.63) is 39.9 Å². The third-order valence-electron chi connectivity index (χ3n) is 6.36. The minimum absolute atomic E-state index is 0.105. The molecule has 0 radical (unpaired) electrons. The van der Waals surface area contributed by atoms with Crippen LogP contribution in [0.1, 0.15) is 38.2 Å². The molecule has 1 aromatic rings. The summed E-state index contributed by atoms with van der Waals surface area (Å²) in [5, 5.41) is 10.8. The first-order chi connectivity index (χ1) is 15.3. The van der Waals surface area contributed by atoms with Crippen molar-refractivity contribution in [2.75, 3.05) is 45.8 Å². The van der Waals surface area contributed by atoms with Crippen molar-refractivity contribution < 1.29 is 14.7 Å². The first-order valence-electron chi connectivity index (χ1n) is 11.4. The molecule has 176 valence electrons. The second-order valence-corrected chi connectivity index (χ2v) is 9.62. The Bertz CT molecular complexity index is 833. The summed E-state index contributed by atoms with van der Waals surface area (Å²) < 4.78 is 0. The van der Waals surface area contributed by atoms with Gasteiger partial charge in [0, 0.05) is 51.8 Å². The number of halogens is 2. The van der Waals surface area contributed by atoms with Crippen LogP contribution in [0.2, 0.25) is 10.0 Å². The van der Waals surface area contributed by atoms with E-state index in [1.165, 1.54) is 6.08 Å². The van der Waals surface area contributed by atoms with E-state index in [0.717, 1.165) is 51.0 Å². The number of benzene rings is 1. The molecule has 1 aromatic carbocycles. The van der Waals surface area contributed by atoms with E-state index in [-0.39, 0.29) is 17.9 Å². The highest BCUT2D eigenvalue weighted by Crippen LogP contribution is 2.23. The quantitative estimate of drug-likeness (QED) is 0.477. The Hall–Kier alpha value is -1.60. The number of nitrogens with zero attached hydrogens (tertiary/aromatic N) is 3. The fourth-order valence-corrected chi connectivity index (χ4v) is 4.58. The van der Waals surface area contributed by atoms with E-state index in [1.807, 2.05) is 4.90 Å². The van der Waals surface area contributed by atoms with Crippen LogP contribution < -0.4 is 0 Å². The van der Waals surface area contributed by atoms with Crippen LogP contribution in [0.5, 0.6) is 0 Å². The molecule has 2 amide bonds. The summed E-state index contributed by atoms with van der Waals surface area (Å²) in [5.41, 5.74) is 0.804. The molecule has 1 N–H and O–H groups in total. The summed E-state index contributed by atoms with van der Waals surface area (Å²) in [5.74, 6) is 0.334. The van der Waals surface area contributed by atoms with Gasteiger partial charge < -0.3 is 19.8 Å². The molecule has 2 fully saturated rings. The molecular weight excluding hydrogens is 449 g/mol. The molecule has 2 atom stereocenters. The van der Waals surface area contributed by atoms with Crippen molar-refractivity contribution >= 4 is 41.1 Å². The second-order valence-electron chi connectivity index (χ2n) is 8.80. The molecule has 0 spiro atoms. The van der Waals surface area contributed by atoms with Gasteiger partial charge in [0.1, 0.15) is 0 Å². The zero-order valence-corrected chi connectivity index (χ0v) is 20.2. The minimum Gasteiger partial charge on any atom is -0.393 e. The van der Waals surface area contributed by atoms with E-state index < -0.39 is 0 Å². The van der Waals surface area contributed by atoms with Crippen LogP contribution in [0.15, 0.2) is 24.3 Å². The van der Waals surface area contributed by atoms with Crippen molar-refractivity contribution in [1.82, 2.24) is 14.7 Å². The summed E-state index contributed by atoms with van der Waals surface area (Å²) in [4.78, 5) is 31.1. The summed E-state index contributed by atoms with van der Waals surface area (Å²) in [7, 11) is 0. The lowest BCUT2D eigenvalue weighted by Gasteiger charge is -2.34. The van der Waals surface area contributed by atoms with Crippen molar-refractivity contribution in [3.8, 4) is 0 Å². The Balaban J connectivity index is 1.41. The number of piperidine rings is 1. The molecule has 8 heteroatoms. The topological polar surface area (TPSA) is 64.1 Å². The van der Waals surface area contributed by atoms with E-state index in [0.29, 0.717) is 42.0 Å². The summed E-state index contributed by atoms with van der Waals surface area (Å²) in [6, 6.07) is 5.22. The van der Waals surface area contributed by atoms with Crippen LogP contribution in [-0.2, 0) is 9.59 Å². The smallest absolute Gasteiger partial charge is 0.246 e. The van der Waals surface area contributed by atoms with Crippen molar-refractivity contribution in [2.24, 2.45) is 5.92 Å². The summed E-state index contributed by atoms with van der Waals surface area (Å²) >= 11 is 12.0. The Morgan fingerprint density at radius 3 is 2.66 bits per heavy atom. The number of carbonyl (C=O) groups is 2. The molecule has 0 aliphatic carbocycles. The largest absolute Gasteiger partial charge is 0.393 e. The molecule has 32 heavy (non-hydrogen) atoms. The zero-order valence-electron chi connectivity index (χ0n) is 18.7. The van der Waals surface area contributed by atoms with E-state index in [4.69, 9.17) is 23.2 Å². The van der Waals surface area contributed by atoms with Crippen LogP contribution in [0.4, 0.5) is 0 Å². The minimum atomic E-state index is -0.175. The maximum absolute atomic E-state index is 12.6. The van der Waals surface area contributed by atoms with Gasteiger partial charge in [0.2, 0.25) is 11.8 Å². The van der Waals surface area contributed by atoms with E-state index >= 15 is 0 Å². The Morgan fingerprint density at radius 1 is 1.12 bits per heavy atom. The van der Waals surface area contributed by atoms with Crippen LogP contribution >= 0.6 is 23.2 Å². The van der Waals surface area contributed by atoms with Crippen molar-refractivity contribution in [2.45, 2.75) is 38.7 Å². The number of hydrogen-bond donors (Lipinski definition) is 1. The SMILES string of the molecule is C[C@H]1CN(CCCCN2CCN(C(=O)/C=C/c3ccc(Cl)c(Cl)c3)CCC2=O)CC[C@H]1O. The van der Waals surface area contributed by atoms with Crippen LogP contribution in [-0.4, -0.2) is 83.5 Å². The van der Waals surface area contributed by atoms with Crippen molar-refractivity contribution in [3.63, 3.8) is 0 Å². The Morgan fingerprint density at radius 2 is 1.91 bits per heavy atom. The third kappa shape index (κ3) is 7.20. The highest BCUT2D eigenvalue weighted by atomic mass is 35.5. The van der Waals surface area contributed by atoms with Crippen LogP contribution in [0, 0.1) is 5.92 Å². The first kappa shape index (κ1) is 25.0. The number of aliphatic hydroxyl groups excluding tert-OH is 1. The third-order valence-corrected chi connectivity index (χ3v) is 7.10. The molecule has 2 aliphatic rings. The van der Waals surface area contributed by atoms with Gasteiger partial charge in [0.15, 0.2) is 0 Å². The summed E-state index contributed by atoms with van der Waals surface area (Å²) in [6.45, 7) is 7.26. The molecular formula is C24H33Cl2N3O3. The van der Waals surface area contributed by atoms with Gasteiger partial charge in [0.05, 0.1) is 16.1 Å². The molecule has 2 aliphatic heterocycles. The van der Waals surface area contributed by atoms with Crippen LogP contribution in [0.25, 0.3) is 6.08 Å². The van der Waals surface area contributed by atoms with Crippen LogP contribution in [0.3, 0.4) is 0 Å². The van der Waals surface area contributed by atoms with Gasteiger partial charge in [-0.3, -0.25) is 9.59 Å². The summed E-state index contributed by atoms with van der Waals surface area (Å²) in [6.07, 6.45) is 6.24. The second kappa shape index (κ2) is 12.0. The van der Waals surface area contributed by atoms with Gasteiger partial charge in [-0.2, -0.15) is 0 Å². The monoisotopic (exact) mass is 481 g/mol. The molecule has 6 nitrogen and oxygen atoms in total. The number of amides is 2. The Kier molecular flexibility index (Phi) is 9.41. The number of likely N-dealkylation sites (tertiary alicyclic amines) is 1. The maximum atomic E-state index is 12.6. The predicted molar refractivity (Wildman–Crippen MR) is 129 cm³/mol. The highest BCUT2D eigenvalue weighted by molar-refractivity contribution is 6.42. The number of rotatable bonds is 7. The molecule has 2 heterocycles. The Labute approximate surface area is 200 Å². The van der Waals surface area contributed by atoms with Gasteiger partial charge in [-0.15, -0.1) is 0 Å². The lowest BCUT2D eigenvalue weighted by Crippen LogP contribution is -2.42. The van der Waals surface area contributed by atoms with Gasteiger partial charge in [0.25, 0.3) is 0 Å². The fourth-order valence-electron chi connectivity index (χ4n) is 4.27. The van der Waals surface area contributed by atoms with E-state index in [2.05, 4.69) is 11.8 Å². The van der Waals surface area contributed by atoms with Gasteiger partial charge >= 0.3 is 0 Å². The van der Waals surface area contributed by atoms with E-state index in [9.17, 15) is 14.7 Å². The molecule has 3 rings (SSSR count). The zero-order chi connectivity index (χ0) is 23.1. The number of unbranched alkanes of at least 4 members (excludes halogenated alkanes) is 1. The van der Waals surface area contributed by atoms with Crippen molar-refractivity contribution in [1.29, 1.82) is 0 Å². The van der Waals surface area contributed by atoms with E-state index in [1.54, 1.807) is 29.2 Å². The molecule has 0 unspecified atom stereocenters. The average Bonchev–Trinajstić information content (AvgIpc) is 2.96. The standard InChI is InChI=1S/C24H33Cl2N3O3/c1-18-17-27(12-8-22(18)30)10-2-3-11-28-14-15-29(13-9-24(28)32)23(31)7-5-19-4-6-20(25)21(26)16-19/h4-7,16,18,22,30H,2-3,8-15,17H2,1H3/b7-5+/t18-,22+/m0/s1. The maximum Gasteiger partial charge on any atom is 0.246 e. The number of hydrogen-bond acceptors (Lipinski definition) is 4. The lowest BCUT2D eigenvalue weighted by molar-refractivity contribution is -0.130. The highest BCUT2D eigenvalue weighted by Gasteiger charge is 2.24. The molecule has 0 saturated carbocycles. The number of carbonyl (C=O) groups excluding carboxylic acids is 2. The van der Waals surface area contributed by atoms with Gasteiger partial charge in [-0.05, 0) is 55.5 Å². The normalized spacial score (nSPS) is 23.1. The fraction of sp³-hybridized carbons (Fsp3) is 0.583. The number of aliphatic hydroxyl groups is 1. The molecule has 0 aromatic heterocycles. The molecule has 0 bridgehead atoms. The first-order valence-corrected chi connectivity index (χ1v) is 12.2.